The van der Waals surface area contributed by atoms with Gasteiger partial charge < -0.3 is 15.8 Å². The van der Waals surface area contributed by atoms with E-state index in [-0.39, 0.29) is 12.5 Å². The molecule has 0 radical (unpaired) electrons. The molecule has 64 valence electrons. The fraction of sp³-hybridized carbons (Fsp3) is 0.667. The van der Waals surface area contributed by atoms with Crippen LogP contribution >= 0.6 is 0 Å². The van der Waals surface area contributed by atoms with Crippen LogP contribution in [0.5, 0.6) is 0 Å². The zero-order valence-electron chi connectivity index (χ0n) is 6.59. The van der Waals surface area contributed by atoms with Gasteiger partial charge in [0.25, 0.3) is 0 Å². The predicted molar refractivity (Wildman–Crippen MR) is 38.7 cm³/mol. The summed E-state index contributed by atoms with van der Waals surface area (Å²) in [4.78, 5) is 21.2. The summed E-state index contributed by atoms with van der Waals surface area (Å²) in [5.74, 6) is -0.852. The molecule has 3 N–H and O–H groups in total. The van der Waals surface area contributed by atoms with Gasteiger partial charge in [-0.25, -0.2) is 0 Å². The summed E-state index contributed by atoms with van der Waals surface area (Å²) in [6.45, 7) is 1.41. The molecule has 1 unspecified atom stereocenters. The summed E-state index contributed by atoms with van der Waals surface area (Å²) in [7, 11) is 1.25. The molecule has 0 saturated heterocycles. The highest BCUT2D eigenvalue weighted by Crippen LogP contribution is 1.75. The number of carbonyl (C=O) groups is 2. The number of methoxy groups -OCH3 is 1. The maximum atomic E-state index is 10.7. The molecule has 1 atom stereocenters. The van der Waals surface area contributed by atoms with E-state index in [2.05, 4.69) is 10.1 Å². The molecule has 0 aliphatic rings. The molecule has 0 bridgehead atoms. The fourth-order valence-corrected chi connectivity index (χ4v) is 0.392. The number of amides is 1. The zero-order valence-corrected chi connectivity index (χ0v) is 6.59. The molecule has 0 aromatic rings. The third-order valence-corrected chi connectivity index (χ3v) is 1.05. The molecular weight excluding hydrogens is 148 g/mol. The molecule has 0 aromatic heterocycles. The number of hydrogen-bond donors (Lipinski definition) is 2. The molecule has 1 amide bonds. The molecule has 0 rings (SSSR count). The lowest BCUT2D eigenvalue weighted by atomic mass is 10.3. The molecule has 11 heavy (non-hydrogen) atoms. The van der Waals surface area contributed by atoms with Crippen LogP contribution in [0.3, 0.4) is 0 Å². The van der Waals surface area contributed by atoms with Gasteiger partial charge in [-0.3, -0.25) is 9.59 Å². The van der Waals surface area contributed by atoms with Crippen molar-refractivity contribution in [3.63, 3.8) is 0 Å². The zero-order chi connectivity index (χ0) is 8.85. The van der Waals surface area contributed by atoms with Crippen LogP contribution in [0, 0.1) is 0 Å². The highest BCUT2D eigenvalue weighted by molar-refractivity contribution is 5.85. The lowest BCUT2D eigenvalue weighted by Gasteiger charge is -2.05. The van der Waals surface area contributed by atoms with Gasteiger partial charge in [-0.2, -0.15) is 0 Å². The number of carbonyl (C=O) groups excluding carboxylic acids is 2. The first-order chi connectivity index (χ1) is 5.07. The molecule has 5 heteroatoms. The first-order valence-corrected chi connectivity index (χ1v) is 3.18. The summed E-state index contributed by atoms with van der Waals surface area (Å²) < 4.78 is 4.29. The second-order valence-corrected chi connectivity index (χ2v) is 2.08. The largest absolute Gasteiger partial charge is 0.468 e. The number of esters is 1. The van der Waals surface area contributed by atoms with Crippen molar-refractivity contribution in [1.82, 2.24) is 5.32 Å². The van der Waals surface area contributed by atoms with Crippen molar-refractivity contribution < 1.29 is 14.3 Å². The summed E-state index contributed by atoms with van der Waals surface area (Å²) >= 11 is 0. The average molecular weight is 160 g/mol. The van der Waals surface area contributed by atoms with Gasteiger partial charge in [0.1, 0.15) is 6.54 Å². The Bertz CT molecular complexity index is 156. The number of hydrogen-bond acceptors (Lipinski definition) is 4. The molecule has 0 aliphatic carbocycles. The summed E-state index contributed by atoms with van der Waals surface area (Å²) in [5, 5.41) is 2.29. The number of nitrogens with one attached hydrogen (secondary N) is 1. The van der Waals surface area contributed by atoms with Crippen molar-refractivity contribution in [2.75, 3.05) is 13.7 Å². The Balaban J connectivity index is 3.54. The van der Waals surface area contributed by atoms with E-state index < -0.39 is 12.0 Å². The van der Waals surface area contributed by atoms with Gasteiger partial charge in [-0.15, -0.1) is 0 Å². The minimum atomic E-state index is -0.598. The van der Waals surface area contributed by atoms with Crippen molar-refractivity contribution in [2.24, 2.45) is 5.73 Å². The number of nitrogens with two attached hydrogens (primary N) is 1. The standard InChI is InChI=1S/C6H12N2O3/c1-4(7)6(10)8-3-5(9)11-2/h4H,3,7H2,1-2H3,(H,8,10). The van der Waals surface area contributed by atoms with Crippen LogP contribution in [0.1, 0.15) is 6.92 Å². The van der Waals surface area contributed by atoms with Crippen molar-refractivity contribution >= 4 is 11.9 Å². The third-order valence-electron chi connectivity index (χ3n) is 1.05. The quantitative estimate of drug-likeness (QED) is 0.499. The first-order valence-electron chi connectivity index (χ1n) is 3.18. The fourth-order valence-electron chi connectivity index (χ4n) is 0.392. The molecule has 0 aromatic carbocycles. The molecular formula is C6H12N2O3. The SMILES string of the molecule is COC(=O)CNC(=O)C(C)N. The molecule has 0 fully saturated rings. The van der Waals surface area contributed by atoms with Crippen molar-refractivity contribution in [1.29, 1.82) is 0 Å². The summed E-state index contributed by atoms with van der Waals surface area (Å²) in [6.07, 6.45) is 0. The van der Waals surface area contributed by atoms with E-state index in [4.69, 9.17) is 5.73 Å². The van der Waals surface area contributed by atoms with E-state index in [1.807, 2.05) is 0 Å². The first kappa shape index (κ1) is 9.90. The van der Waals surface area contributed by atoms with Crippen LogP contribution in [-0.2, 0) is 14.3 Å². The molecule has 0 spiro atoms. The smallest absolute Gasteiger partial charge is 0.325 e. The van der Waals surface area contributed by atoms with Crippen LogP contribution in [0.25, 0.3) is 0 Å². The van der Waals surface area contributed by atoms with E-state index in [1.54, 1.807) is 0 Å². The normalized spacial score (nSPS) is 11.9. The van der Waals surface area contributed by atoms with E-state index in [9.17, 15) is 9.59 Å². The summed E-state index contributed by atoms with van der Waals surface area (Å²) in [6, 6.07) is -0.598. The average Bonchev–Trinajstić information content (AvgIpc) is 1.99. The maximum absolute atomic E-state index is 10.7. The van der Waals surface area contributed by atoms with Gasteiger partial charge in [-0.1, -0.05) is 0 Å². The number of rotatable bonds is 3. The third kappa shape index (κ3) is 4.32. The monoisotopic (exact) mass is 160 g/mol. The van der Waals surface area contributed by atoms with Gasteiger partial charge in [0, 0.05) is 0 Å². The molecule has 0 heterocycles. The predicted octanol–water partition coefficient (Wildman–Crippen LogP) is -1.38. The lowest BCUT2D eigenvalue weighted by molar-refractivity contribution is -0.141. The number of ether oxygens (including phenoxy) is 1. The Morgan fingerprint density at radius 1 is 1.64 bits per heavy atom. The van der Waals surface area contributed by atoms with Gasteiger partial charge in [0.2, 0.25) is 5.91 Å². The van der Waals surface area contributed by atoms with Crippen LogP contribution in [0.2, 0.25) is 0 Å². The summed E-state index contributed by atoms with van der Waals surface area (Å²) in [5.41, 5.74) is 5.20. The highest BCUT2D eigenvalue weighted by atomic mass is 16.5. The Morgan fingerprint density at radius 2 is 2.18 bits per heavy atom. The van der Waals surface area contributed by atoms with Crippen LogP contribution in [-0.4, -0.2) is 31.6 Å². The van der Waals surface area contributed by atoms with Gasteiger partial charge in [0.15, 0.2) is 0 Å². The lowest BCUT2D eigenvalue weighted by Crippen LogP contribution is -2.40. The molecule has 0 saturated carbocycles. The maximum Gasteiger partial charge on any atom is 0.325 e. The Hall–Kier alpha value is -1.10. The second kappa shape index (κ2) is 4.68. The highest BCUT2D eigenvalue weighted by Gasteiger charge is 2.08. The van der Waals surface area contributed by atoms with Crippen molar-refractivity contribution in [3.05, 3.63) is 0 Å². The molecule has 0 aliphatic heterocycles. The minimum absolute atomic E-state index is 0.128. The van der Waals surface area contributed by atoms with Crippen molar-refractivity contribution in [3.8, 4) is 0 Å². The van der Waals surface area contributed by atoms with Crippen LogP contribution in [0.4, 0.5) is 0 Å². The van der Waals surface area contributed by atoms with Crippen LogP contribution < -0.4 is 11.1 Å². The van der Waals surface area contributed by atoms with E-state index >= 15 is 0 Å². The van der Waals surface area contributed by atoms with Crippen molar-refractivity contribution in [2.45, 2.75) is 13.0 Å². The minimum Gasteiger partial charge on any atom is -0.468 e. The van der Waals surface area contributed by atoms with E-state index in [0.29, 0.717) is 0 Å². The van der Waals surface area contributed by atoms with Crippen LogP contribution in [0.15, 0.2) is 0 Å². The Morgan fingerprint density at radius 3 is 2.55 bits per heavy atom. The second-order valence-electron chi connectivity index (χ2n) is 2.08. The Kier molecular flexibility index (Phi) is 4.21. The van der Waals surface area contributed by atoms with E-state index in [0.717, 1.165) is 0 Å². The Labute approximate surface area is 64.9 Å². The van der Waals surface area contributed by atoms with E-state index in [1.165, 1.54) is 14.0 Å². The van der Waals surface area contributed by atoms with Gasteiger partial charge in [0.05, 0.1) is 13.2 Å². The van der Waals surface area contributed by atoms with Gasteiger partial charge >= 0.3 is 5.97 Å². The molecule has 5 nitrogen and oxygen atoms in total. The topological polar surface area (TPSA) is 81.4 Å². The van der Waals surface area contributed by atoms with Gasteiger partial charge in [-0.05, 0) is 6.92 Å².